The summed E-state index contributed by atoms with van der Waals surface area (Å²) in [6, 6.07) is 9.83. The second-order valence-corrected chi connectivity index (χ2v) is 5.62. The lowest BCUT2D eigenvalue weighted by molar-refractivity contribution is 0.0854. The van der Waals surface area contributed by atoms with E-state index in [0.29, 0.717) is 12.1 Å². The smallest absolute Gasteiger partial charge is 0.0485 e. The van der Waals surface area contributed by atoms with E-state index in [-0.39, 0.29) is 0 Å². The maximum Gasteiger partial charge on any atom is 0.0485 e. The van der Waals surface area contributed by atoms with Crippen LogP contribution in [0.4, 0.5) is 5.69 Å². The Morgan fingerprint density at radius 2 is 1.95 bits per heavy atom. The summed E-state index contributed by atoms with van der Waals surface area (Å²) >= 11 is 0. The molecule has 3 nitrogen and oxygen atoms in total. The molecule has 1 fully saturated rings. The Morgan fingerprint density at radius 1 is 1.26 bits per heavy atom. The minimum atomic E-state index is 0.515. The van der Waals surface area contributed by atoms with Gasteiger partial charge in [0.2, 0.25) is 0 Å². The first-order valence-corrected chi connectivity index (χ1v) is 7.30. The van der Waals surface area contributed by atoms with E-state index in [1.165, 1.54) is 11.3 Å². The molecule has 1 N–H and O–H groups in total. The molecular formula is C16H26N2O. The SMILES string of the molecule is CC(C)NCc1ccccc1N(C)C1CCOCC1. The van der Waals surface area contributed by atoms with Crippen LogP contribution in [0.3, 0.4) is 0 Å². The van der Waals surface area contributed by atoms with Gasteiger partial charge in [-0.05, 0) is 24.5 Å². The largest absolute Gasteiger partial charge is 0.381 e. The maximum absolute atomic E-state index is 5.46. The zero-order valence-corrected chi connectivity index (χ0v) is 12.4. The summed E-state index contributed by atoms with van der Waals surface area (Å²) in [7, 11) is 2.21. The second-order valence-electron chi connectivity index (χ2n) is 5.62. The van der Waals surface area contributed by atoms with Gasteiger partial charge in [0.1, 0.15) is 0 Å². The Hall–Kier alpha value is -1.06. The highest BCUT2D eigenvalue weighted by Gasteiger charge is 2.20. The fourth-order valence-electron chi connectivity index (χ4n) is 2.59. The van der Waals surface area contributed by atoms with Gasteiger partial charge in [0.25, 0.3) is 0 Å². The zero-order valence-electron chi connectivity index (χ0n) is 12.4. The first-order valence-electron chi connectivity index (χ1n) is 7.30. The number of para-hydroxylation sites is 1. The highest BCUT2D eigenvalue weighted by atomic mass is 16.5. The first-order chi connectivity index (χ1) is 9.18. The molecule has 0 amide bonds. The van der Waals surface area contributed by atoms with Crippen molar-refractivity contribution < 1.29 is 4.74 Å². The molecule has 1 aromatic rings. The van der Waals surface area contributed by atoms with Crippen molar-refractivity contribution in [3.63, 3.8) is 0 Å². The molecule has 19 heavy (non-hydrogen) atoms. The van der Waals surface area contributed by atoms with Crippen LogP contribution in [0.1, 0.15) is 32.3 Å². The van der Waals surface area contributed by atoms with Crippen LogP contribution in [0.5, 0.6) is 0 Å². The number of rotatable bonds is 5. The number of hydrogen-bond acceptors (Lipinski definition) is 3. The van der Waals surface area contributed by atoms with Gasteiger partial charge in [-0.15, -0.1) is 0 Å². The molecule has 1 aliphatic heterocycles. The summed E-state index contributed by atoms with van der Waals surface area (Å²) in [5, 5.41) is 3.51. The number of hydrogen-bond donors (Lipinski definition) is 1. The van der Waals surface area contributed by atoms with Crippen LogP contribution < -0.4 is 10.2 Å². The van der Waals surface area contributed by atoms with Crippen LogP contribution in [0.15, 0.2) is 24.3 Å². The molecule has 1 aliphatic rings. The summed E-state index contributed by atoms with van der Waals surface area (Å²) in [6.45, 7) is 7.08. The third kappa shape index (κ3) is 3.95. The molecule has 0 bridgehead atoms. The highest BCUT2D eigenvalue weighted by molar-refractivity contribution is 5.53. The van der Waals surface area contributed by atoms with Crippen LogP contribution >= 0.6 is 0 Å². The van der Waals surface area contributed by atoms with Crippen LogP contribution in [0.2, 0.25) is 0 Å². The molecule has 0 aromatic heterocycles. The standard InChI is InChI=1S/C16H26N2O/c1-13(2)17-12-14-6-4-5-7-16(14)18(3)15-8-10-19-11-9-15/h4-7,13,15,17H,8-12H2,1-3H3. The average Bonchev–Trinajstić information content (AvgIpc) is 2.45. The van der Waals surface area contributed by atoms with E-state index in [4.69, 9.17) is 4.74 Å². The average molecular weight is 262 g/mol. The van der Waals surface area contributed by atoms with E-state index < -0.39 is 0 Å². The van der Waals surface area contributed by atoms with Gasteiger partial charge in [-0.25, -0.2) is 0 Å². The van der Waals surface area contributed by atoms with E-state index in [1.807, 2.05) is 0 Å². The lowest BCUT2D eigenvalue weighted by Gasteiger charge is -2.34. The Morgan fingerprint density at radius 3 is 2.63 bits per heavy atom. The zero-order chi connectivity index (χ0) is 13.7. The van der Waals surface area contributed by atoms with Crippen LogP contribution in [-0.2, 0) is 11.3 Å². The van der Waals surface area contributed by atoms with Crippen molar-refractivity contribution in [2.45, 2.75) is 45.3 Å². The van der Waals surface area contributed by atoms with Crippen molar-refractivity contribution in [2.75, 3.05) is 25.2 Å². The monoisotopic (exact) mass is 262 g/mol. The summed E-state index contributed by atoms with van der Waals surface area (Å²) in [4.78, 5) is 2.43. The third-order valence-electron chi connectivity index (χ3n) is 3.81. The van der Waals surface area contributed by atoms with Crippen LogP contribution in [-0.4, -0.2) is 32.3 Å². The van der Waals surface area contributed by atoms with Crippen LogP contribution in [0.25, 0.3) is 0 Å². The molecule has 0 atom stereocenters. The molecule has 0 aliphatic carbocycles. The van der Waals surface area contributed by atoms with Gasteiger partial charge in [0.05, 0.1) is 0 Å². The van der Waals surface area contributed by atoms with E-state index >= 15 is 0 Å². The minimum Gasteiger partial charge on any atom is -0.381 e. The van der Waals surface area contributed by atoms with E-state index in [1.54, 1.807) is 0 Å². The fraction of sp³-hybridized carbons (Fsp3) is 0.625. The van der Waals surface area contributed by atoms with Gasteiger partial charge in [-0.3, -0.25) is 0 Å². The number of nitrogens with zero attached hydrogens (tertiary/aromatic N) is 1. The molecule has 0 unspecified atom stereocenters. The van der Waals surface area contributed by atoms with E-state index in [2.05, 4.69) is 55.4 Å². The van der Waals surface area contributed by atoms with Crippen molar-refractivity contribution >= 4 is 5.69 Å². The lowest BCUT2D eigenvalue weighted by Crippen LogP contribution is -2.37. The first kappa shape index (κ1) is 14.4. The Bertz CT molecular complexity index is 386. The summed E-state index contributed by atoms with van der Waals surface area (Å²) in [6.07, 6.45) is 2.25. The topological polar surface area (TPSA) is 24.5 Å². The van der Waals surface area contributed by atoms with E-state index in [9.17, 15) is 0 Å². The summed E-state index contributed by atoms with van der Waals surface area (Å²) in [5.74, 6) is 0. The van der Waals surface area contributed by atoms with E-state index in [0.717, 1.165) is 32.6 Å². The number of nitrogens with one attached hydrogen (secondary N) is 1. The van der Waals surface area contributed by atoms with Crippen LogP contribution in [0, 0.1) is 0 Å². The molecule has 0 spiro atoms. The normalized spacial score (nSPS) is 16.8. The van der Waals surface area contributed by atoms with Crippen molar-refractivity contribution in [3.05, 3.63) is 29.8 Å². The highest BCUT2D eigenvalue weighted by Crippen LogP contribution is 2.25. The molecule has 2 rings (SSSR count). The van der Waals surface area contributed by atoms with Crippen molar-refractivity contribution in [1.29, 1.82) is 0 Å². The molecule has 0 radical (unpaired) electrons. The predicted molar refractivity (Wildman–Crippen MR) is 80.7 cm³/mol. The Balaban J connectivity index is 2.08. The summed E-state index contributed by atoms with van der Waals surface area (Å²) < 4.78 is 5.46. The molecular weight excluding hydrogens is 236 g/mol. The minimum absolute atomic E-state index is 0.515. The van der Waals surface area contributed by atoms with Crippen molar-refractivity contribution in [1.82, 2.24) is 5.32 Å². The fourth-order valence-corrected chi connectivity index (χ4v) is 2.59. The number of ether oxygens (including phenoxy) is 1. The molecule has 106 valence electrons. The van der Waals surface area contributed by atoms with Gasteiger partial charge in [0.15, 0.2) is 0 Å². The number of benzene rings is 1. The van der Waals surface area contributed by atoms with Gasteiger partial charge in [0, 0.05) is 44.6 Å². The third-order valence-corrected chi connectivity index (χ3v) is 3.81. The quantitative estimate of drug-likeness (QED) is 0.883. The van der Waals surface area contributed by atoms with Gasteiger partial charge in [-0.2, -0.15) is 0 Å². The van der Waals surface area contributed by atoms with Gasteiger partial charge in [-0.1, -0.05) is 32.0 Å². The molecule has 0 saturated carbocycles. The van der Waals surface area contributed by atoms with Gasteiger partial charge < -0.3 is 15.0 Å². The molecule has 1 aromatic carbocycles. The number of anilines is 1. The maximum atomic E-state index is 5.46. The Labute approximate surface area is 116 Å². The van der Waals surface area contributed by atoms with Crippen molar-refractivity contribution in [2.24, 2.45) is 0 Å². The lowest BCUT2D eigenvalue weighted by atomic mass is 10.0. The Kier molecular flexibility index (Phi) is 5.23. The molecule has 1 saturated heterocycles. The molecule has 1 heterocycles. The second kappa shape index (κ2) is 6.92. The predicted octanol–water partition coefficient (Wildman–Crippen LogP) is 2.80. The summed E-state index contributed by atoms with van der Waals surface area (Å²) in [5.41, 5.74) is 2.73. The van der Waals surface area contributed by atoms with Gasteiger partial charge >= 0.3 is 0 Å². The van der Waals surface area contributed by atoms with Crippen molar-refractivity contribution in [3.8, 4) is 0 Å². The molecule has 3 heteroatoms.